The number of carbonyl (C=O) groups is 2. The van der Waals surface area contributed by atoms with Crippen LogP contribution in [-0.2, 0) is 14.3 Å². The fourth-order valence-electron chi connectivity index (χ4n) is 2.16. The largest absolute Gasteiger partial charge is 0.480 e. The molecule has 1 heterocycles. The molecule has 5 nitrogen and oxygen atoms in total. The second kappa shape index (κ2) is 7.59. The van der Waals surface area contributed by atoms with Crippen molar-refractivity contribution in [2.75, 3.05) is 13.2 Å². The van der Waals surface area contributed by atoms with Gasteiger partial charge >= 0.3 is 5.97 Å². The van der Waals surface area contributed by atoms with Gasteiger partial charge in [0.1, 0.15) is 6.04 Å². The summed E-state index contributed by atoms with van der Waals surface area (Å²) in [7, 11) is 0. The van der Waals surface area contributed by atoms with Gasteiger partial charge in [-0.05, 0) is 18.4 Å². The Morgan fingerprint density at radius 2 is 2.14 bits per heavy atom. The third-order valence-corrected chi connectivity index (χ3v) is 3.40. The number of rotatable bonds is 6. The molecule has 1 aliphatic heterocycles. The Bertz CT molecular complexity index is 506. The molecule has 0 aromatic heterocycles. The maximum absolute atomic E-state index is 11.9. The van der Waals surface area contributed by atoms with E-state index in [9.17, 15) is 14.7 Å². The van der Waals surface area contributed by atoms with Crippen molar-refractivity contribution in [1.29, 1.82) is 0 Å². The van der Waals surface area contributed by atoms with E-state index in [1.165, 1.54) is 0 Å². The van der Waals surface area contributed by atoms with E-state index in [4.69, 9.17) is 4.74 Å². The Morgan fingerprint density at radius 3 is 2.76 bits per heavy atom. The van der Waals surface area contributed by atoms with Crippen molar-refractivity contribution in [2.45, 2.75) is 18.9 Å². The highest BCUT2D eigenvalue weighted by Crippen LogP contribution is 2.13. The van der Waals surface area contributed by atoms with Crippen LogP contribution in [0.4, 0.5) is 0 Å². The number of nitrogens with one attached hydrogen (secondary N) is 1. The molecule has 1 aromatic carbocycles. The van der Waals surface area contributed by atoms with Gasteiger partial charge in [-0.15, -0.1) is 0 Å². The van der Waals surface area contributed by atoms with Crippen LogP contribution in [0.25, 0.3) is 6.08 Å². The van der Waals surface area contributed by atoms with Crippen molar-refractivity contribution in [2.24, 2.45) is 5.92 Å². The molecule has 112 valence electrons. The van der Waals surface area contributed by atoms with E-state index >= 15 is 0 Å². The molecule has 1 amide bonds. The van der Waals surface area contributed by atoms with Gasteiger partial charge in [0.15, 0.2) is 0 Å². The fourth-order valence-corrected chi connectivity index (χ4v) is 2.16. The lowest BCUT2D eigenvalue weighted by molar-refractivity contribution is -0.142. The standard InChI is InChI=1S/C16H19NO4/c18-15(13-9-10-21-11-13)17-14(16(19)20)8-4-7-12-5-2-1-3-6-12/h1-7,13-14H,8-11H2,(H,17,18)(H,19,20)/b7-4+/t13-,14-/m0/s1. The Balaban J connectivity index is 1.88. The highest BCUT2D eigenvalue weighted by molar-refractivity contribution is 5.85. The maximum Gasteiger partial charge on any atom is 0.326 e. The zero-order valence-electron chi connectivity index (χ0n) is 11.7. The van der Waals surface area contributed by atoms with Crippen molar-refractivity contribution in [3.05, 3.63) is 42.0 Å². The Hall–Kier alpha value is -2.14. The summed E-state index contributed by atoms with van der Waals surface area (Å²) in [5.74, 6) is -1.50. The van der Waals surface area contributed by atoms with E-state index in [-0.39, 0.29) is 18.2 Å². The second-order valence-corrected chi connectivity index (χ2v) is 5.01. The SMILES string of the molecule is O=C(N[C@@H](C/C=C/c1ccccc1)C(=O)O)[C@H]1CCOC1. The van der Waals surface area contributed by atoms with Crippen LogP contribution in [0.3, 0.4) is 0 Å². The molecule has 21 heavy (non-hydrogen) atoms. The van der Waals surface area contributed by atoms with Gasteiger partial charge in [-0.3, -0.25) is 4.79 Å². The molecule has 1 aliphatic rings. The Labute approximate surface area is 123 Å². The molecule has 0 radical (unpaired) electrons. The quantitative estimate of drug-likeness (QED) is 0.835. The van der Waals surface area contributed by atoms with Crippen molar-refractivity contribution < 1.29 is 19.4 Å². The first-order chi connectivity index (χ1) is 10.2. The van der Waals surface area contributed by atoms with Gasteiger partial charge < -0.3 is 15.2 Å². The molecule has 1 aromatic rings. The first kappa shape index (κ1) is 15.3. The molecule has 2 atom stereocenters. The molecule has 5 heteroatoms. The van der Waals surface area contributed by atoms with E-state index in [1.54, 1.807) is 6.08 Å². The van der Waals surface area contributed by atoms with Crippen molar-refractivity contribution in [1.82, 2.24) is 5.32 Å². The predicted molar refractivity (Wildman–Crippen MR) is 78.6 cm³/mol. The zero-order chi connectivity index (χ0) is 15.1. The number of ether oxygens (including phenoxy) is 1. The van der Waals surface area contributed by atoms with E-state index in [2.05, 4.69) is 5.32 Å². The summed E-state index contributed by atoms with van der Waals surface area (Å²) in [5.41, 5.74) is 0.997. The van der Waals surface area contributed by atoms with E-state index in [1.807, 2.05) is 36.4 Å². The molecule has 2 N–H and O–H groups in total. The monoisotopic (exact) mass is 289 g/mol. The highest BCUT2D eigenvalue weighted by atomic mass is 16.5. The number of carboxylic acid groups (broad SMARTS) is 1. The summed E-state index contributed by atoms with van der Waals surface area (Å²) in [6.07, 6.45) is 4.52. The molecule has 0 unspecified atom stereocenters. The molecule has 1 fully saturated rings. The number of benzene rings is 1. The normalized spacial score (nSPS) is 19.5. The molecule has 0 saturated carbocycles. The third kappa shape index (κ3) is 4.72. The number of amides is 1. The minimum absolute atomic E-state index is 0.232. The topological polar surface area (TPSA) is 75.6 Å². The van der Waals surface area contributed by atoms with Crippen LogP contribution in [0.1, 0.15) is 18.4 Å². The first-order valence-corrected chi connectivity index (χ1v) is 6.99. The summed E-state index contributed by atoms with van der Waals surface area (Å²) >= 11 is 0. The summed E-state index contributed by atoms with van der Waals surface area (Å²) in [6.45, 7) is 0.932. The maximum atomic E-state index is 11.9. The Morgan fingerprint density at radius 1 is 1.38 bits per heavy atom. The average Bonchev–Trinajstić information content (AvgIpc) is 3.01. The molecule has 2 rings (SSSR count). The lowest BCUT2D eigenvalue weighted by Crippen LogP contribution is -2.43. The van der Waals surface area contributed by atoms with Gasteiger partial charge in [0.25, 0.3) is 0 Å². The number of hydrogen-bond donors (Lipinski definition) is 2. The summed E-state index contributed by atoms with van der Waals surface area (Å²) in [4.78, 5) is 23.1. The number of carboxylic acids is 1. The van der Waals surface area contributed by atoms with Crippen LogP contribution in [0.15, 0.2) is 36.4 Å². The number of hydrogen-bond acceptors (Lipinski definition) is 3. The summed E-state index contributed by atoms with van der Waals surface area (Å²) in [6, 6.07) is 8.70. The third-order valence-electron chi connectivity index (χ3n) is 3.40. The Kier molecular flexibility index (Phi) is 5.51. The lowest BCUT2D eigenvalue weighted by Gasteiger charge is -2.15. The molecule has 0 bridgehead atoms. The highest BCUT2D eigenvalue weighted by Gasteiger charge is 2.27. The minimum atomic E-state index is -1.03. The van der Waals surface area contributed by atoms with Gasteiger partial charge in [-0.2, -0.15) is 0 Å². The smallest absolute Gasteiger partial charge is 0.326 e. The van der Waals surface area contributed by atoms with Gasteiger partial charge in [-0.25, -0.2) is 4.79 Å². The van der Waals surface area contributed by atoms with E-state index in [0.717, 1.165) is 5.56 Å². The molecular weight excluding hydrogens is 270 g/mol. The van der Waals surface area contributed by atoms with Gasteiger partial charge in [0.05, 0.1) is 12.5 Å². The molecule has 1 saturated heterocycles. The average molecular weight is 289 g/mol. The van der Waals surface area contributed by atoms with E-state index in [0.29, 0.717) is 19.6 Å². The van der Waals surface area contributed by atoms with Crippen molar-refractivity contribution in [3.63, 3.8) is 0 Å². The summed E-state index contributed by atoms with van der Waals surface area (Å²) < 4.78 is 5.14. The van der Waals surface area contributed by atoms with Gasteiger partial charge in [0, 0.05) is 6.61 Å². The molecule has 0 spiro atoms. The van der Waals surface area contributed by atoms with Crippen LogP contribution < -0.4 is 5.32 Å². The van der Waals surface area contributed by atoms with Crippen LogP contribution in [0.5, 0.6) is 0 Å². The number of carbonyl (C=O) groups excluding carboxylic acids is 1. The van der Waals surface area contributed by atoms with E-state index < -0.39 is 12.0 Å². The van der Waals surface area contributed by atoms with Crippen LogP contribution in [0.2, 0.25) is 0 Å². The fraction of sp³-hybridized carbons (Fsp3) is 0.375. The van der Waals surface area contributed by atoms with Crippen LogP contribution in [0, 0.1) is 5.92 Å². The number of aliphatic carboxylic acids is 1. The summed E-state index contributed by atoms with van der Waals surface area (Å²) in [5, 5.41) is 11.8. The zero-order valence-corrected chi connectivity index (χ0v) is 11.7. The second-order valence-electron chi connectivity index (χ2n) is 5.01. The van der Waals surface area contributed by atoms with Crippen molar-refractivity contribution >= 4 is 18.0 Å². The van der Waals surface area contributed by atoms with Gasteiger partial charge in [-0.1, -0.05) is 42.5 Å². The first-order valence-electron chi connectivity index (χ1n) is 6.99. The van der Waals surface area contributed by atoms with Crippen molar-refractivity contribution in [3.8, 4) is 0 Å². The van der Waals surface area contributed by atoms with Gasteiger partial charge in [0.2, 0.25) is 5.91 Å². The minimum Gasteiger partial charge on any atom is -0.480 e. The van der Waals surface area contributed by atoms with Crippen LogP contribution >= 0.6 is 0 Å². The molecule has 0 aliphatic carbocycles. The molecular formula is C16H19NO4. The predicted octanol–water partition coefficient (Wildman–Crippen LogP) is 1.70. The lowest BCUT2D eigenvalue weighted by atomic mass is 10.1. The van der Waals surface area contributed by atoms with Crippen LogP contribution in [-0.4, -0.2) is 36.2 Å².